The fourth-order valence-corrected chi connectivity index (χ4v) is 1.65. The van der Waals surface area contributed by atoms with Crippen molar-refractivity contribution >= 4 is 11.8 Å². The van der Waals surface area contributed by atoms with Crippen molar-refractivity contribution in [3.05, 3.63) is 5.89 Å². The monoisotopic (exact) mass is 215 g/mol. The van der Waals surface area contributed by atoms with Gasteiger partial charge in [-0.25, -0.2) is 0 Å². The van der Waals surface area contributed by atoms with Crippen molar-refractivity contribution in [3.8, 4) is 0 Å². The Hall–Kier alpha value is -0.550. The normalized spacial score (nSPS) is 13.5. The van der Waals surface area contributed by atoms with Crippen LogP contribution in [0.15, 0.2) is 9.64 Å². The zero-order valence-electron chi connectivity index (χ0n) is 8.86. The number of hydrogen-bond acceptors (Lipinski definition) is 5. The van der Waals surface area contributed by atoms with Gasteiger partial charge in [0.1, 0.15) is 0 Å². The van der Waals surface area contributed by atoms with E-state index in [9.17, 15) is 0 Å². The average molecular weight is 215 g/mol. The Bertz CT molecular complexity index is 275. The zero-order valence-corrected chi connectivity index (χ0v) is 9.67. The number of rotatable bonds is 5. The molecule has 0 spiro atoms. The lowest BCUT2D eigenvalue weighted by Crippen LogP contribution is -2.13. The minimum atomic E-state index is -0.131. The summed E-state index contributed by atoms with van der Waals surface area (Å²) in [6.45, 7) is 6.29. The van der Waals surface area contributed by atoms with E-state index in [1.54, 1.807) is 0 Å². The number of nitrogens with zero attached hydrogens (tertiary/aromatic N) is 2. The summed E-state index contributed by atoms with van der Waals surface area (Å²) in [5.41, 5.74) is 5.90. The lowest BCUT2D eigenvalue weighted by atomic mass is 10.1. The van der Waals surface area contributed by atoms with E-state index >= 15 is 0 Å². The molecule has 0 aliphatic heterocycles. The maximum atomic E-state index is 5.90. The van der Waals surface area contributed by atoms with Crippen LogP contribution in [0.5, 0.6) is 0 Å². The molecule has 0 radical (unpaired) electrons. The van der Waals surface area contributed by atoms with Crippen molar-refractivity contribution in [2.45, 2.75) is 38.5 Å². The summed E-state index contributed by atoms with van der Waals surface area (Å²) in [6.07, 6.45) is 0.873. The molecule has 0 saturated carbocycles. The van der Waals surface area contributed by atoms with Gasteiger partial charge in [0.05, 0.1) is 6.04 Å². The largest absolute Gasteiger partial charge is 0.414 e. The van der Waals surface area contributed by atoms with Gasteiger partial charge < -0.3 is 10.2 Å². The van der Waals surface area contributed by atoms with E-state index in [2.05, 4.69) is 24.0 Å². The Labute approximate surface area is 88.7 Å². The lowest BCUT2D eigenvalue weighted by Gasteiger charge is -2.08. The van der Waals surface area contributed by atoms with E-state index < -0.39 is 0 Å². The number of nitrogens with two attached hydrogens (primary N) is 1. The molecule has 0 fully saturated rings. The molecule has 80 valence electrons. The fraction of sp³-hybridized carbons (Fsp3) is 0.778. The third kappa shape index (κ3) is 3.31. The molecule has 0 bridgehead atoms. The summed E-state index contributed by atoms with van der Waals surface area (Å²) in [5, 5.41) is 8.44. The van der Waals surface area contributed by atoms with Gasteiger partial charge in [-0.05, 0) is 18.1 Å². The van der Waals surface area contributed by atoms with Gasteiger partial charge in [-0.2, -0.15) is 0 Å². The molecule has 1 rings (SSSR count). The third-order valence-electron chi connectivity index (χ3n) is 1.73. The summed E-state index contributed by atoms with van der Waals surface area (Å²) in [4.78, 5) is 0. The van der Waals surface area contributed by atoms with Crippen LogP contribution in [-0.4, -0.2) is 16.0 Å². The number of thioether (sulfide) groups is 1. The highest BCUT2D eigenvalue weighted by molar-refractivity contribution is 7.99. The van der Waals surface area contributed by atoms with Gasteiger partial charge in [0.25, 0.3) is 5.22 Å². The predicted molar refractivity (Wildman–Crippen MR) is 57.1 cm³/mol. The highest BCUT2D eigenvalue weighted by Crippen LogP contribution is 2.21. The van der Waals surface area contributed by atoms with E-state index in [1.807, 2.05) is 6.92 Å². The van der Waals surface area contributed by atoms with E-state index in [-0.39, 0.29) is 6.04 Å². The van der Waals surface area contributed by atoms with E-state index in [4.69, 9.17) is 10.2 Å². The SMILES string of the molecule is CCSc1nnc([C@@H](N)CC(C)C)o1. The highest BCUT2D eigenvalue weighted by atomic mass is 32.2. The topological polar surface area (TPSA) is 64.9 Å². The van der Waals surface area contributed by atoms with Crippen molar-refractivity contribution in [2.75, 3.05) is 5.75 Å². The quantitative estimate of drug-likeness (QED) is 0.763. The molecule has 1 aromatic heterocycles. The first kappa shape index (κ1) is 11.5. The van der Waals surface area contributed by atoms with Gasteiger partial charge in [0.2, 0.25) is 5.89 Å². The standard InChI is InChI=1S/C9H17N3OS/c1-4-14-9-12-11-8(13-9)7(10)5-6(2)3/h6-7H,4-5,10H2,1-3H3/t7-/m0/s1. The van der Waals surface area contributed by atoms with Gasteiger partial charge in [-0.1, -0.05) is 32.5 Å². The van der Waals surface area contributed by atoms with Gasteiger partial charge in [-0.3, -0.25) is 0 Å². The smallest absolute Gasteiger partial charge is 0.276 e. The minimum Gasteiger partial charge on any atom is -0.414 e. The molecule has 0 aliphatic rings. The van der Waals surface area contributed by atoms with Crippen LogP contribution in [0.4, 0.5) is 0 Å². The summed E-state index contributed by atoms with van der Waals surface area (Å²) >= 11 is 1.54. The Kier molecular flexibility index (Phi) is 4.41. The Morgan fingerprint density at radius 1 is 1.43 bits per heavy atom. The molecule has 1 heterocycles. The summed E-state index contributed by atoms with van der Waals surface area (Å²) in [6, 6.07) is -0.131. The van der Waals surface area contributed by atoms with Crippen LogP contribution in [0.2, 0.25) is 0 Å². The lowest BCUT2D eigenvalue weighted by molar-refractivity contribution is 0.361. The molecule has 4 nitrogen and oxygen atoms in total. The molecule has 1 atom stereocenters. The molecular formula is C9H17N3OS. The maximum absolute atomic E-state index is 5.90. The van der Waals surface area contributed by atoms with Crippen molar-refractivity contribution in [1.29, 1.82) is 0 Å². The van der Waals surface area contributed by atoms with Crippen molar-refractivity contribution < 1.29 is 4.42 Å². The third-order valence-corrected chi connectivity index (χ3v) is 2.43. The van der Waals surface area contributed by atoms with Crippen LogP contribution >= 0.6 is 11.8 Å². The molecule has 0 aliphatic carbocycles. The average Bonchev–Trinajstić information content (AvgIpc) is 2.52. The van der Waals surface area contributed by atoms with Crippen LogP contribution < -0.4 is 5.73 Å². The van der Waals surface area contributed by atoms with Crippen molar-refractivity contribution in [3.63, 3.8) is 0 Å². The van der Waals surface area contributed by atoms with E-state index in [1.165, 1.54) is 11.8 Å². The summed E-state index contributed by atoms with van der Waals surface area (Å²) in [7, 11) is 0. The van der Waals surface area contributed by atoms with Crippen LogP contribution in [0, 0.1) is 5.92 Å². The molecule has 0 saturated heterocycles. The molecule has 1 aromatic rings. The number of hydrogen-bond donors (Lipinski definition) is 1. The predicted octanol–water partition coefficient (Wildman–Crippen LogP) is 2.23. The van der Waals surface area contributed by atoms with Crippen molar-refractivity contribution in [1.82, 2.24) is 10.2 Å². The van der Waals surface area contributed by atoms with Crippen molar-refractivity contribution in [2.24, 2.45) is 11.7 Å². The van der Waals surface area contributed by atoms with E-state index in [0.717, 1.165) is 12.2 Å². The Morgan fingerprint density at radius 3 is 2.71 bits per heavy atom. The molecule has 0 aromatic carbocycles. The first-order valence-electron chi connectivity index (χ1n) is 4.85. The minimum absolute atomic E-state index is 0.131. The second-order valence-corrected chi connectivity index (χ2v) is 4.79. The van der Waals surface area contributed by atoms with Crippen LogP contribution in [0.25, 0.3) is 0 Å². The maximum Gasteiger partial charge on any atom is 0.276 e. The Balaban J connectivity index is 2.57. The molecule has 0 unspecified atom stereocenters. The highest BCUT2D eigenvalue weighted by Gasteiger charge is 2.15. The van der Waals surface area contributed by atoms with Crippen LogP contribution in [0.1, 0.15) is 39.1 Å². The van der Waals surface area contributed by atoms with Crippen LogP contribution in [-0.2, 0) is 0 Å². The Morgan fingerprint density at radius 2 is 2.14 bits per heavy atom. The van der Waals surface area contributed by atoms with Gasteiger partial charge in [0.15, 0.2) is 0 Å². The first-order valence-corrected chi connectivity index (χ1v) is 5.83. The second kappa shape index (κ2) is 5.36. The van der Waals surface area contributed by atoms with E-state index in [0.29, 0.717) is 17.0 Å². The fourth-order valence-electron chi connectivity index (χ4n) is 1.16. The molecule has 2 N–H and O–H groups in total. The summed E-state index contributed by atoms with van der Waals surface area (Å²) in [5.74, 6) is 2.02. The molecule has 0 amide bonds. The first-order chi connectivity index (χ1) is 6.63. The van der Waals surface area contributed by atoms with Crippen LogP contribution in [0.3, 0.4) is 0 Å². The molecular weight excluding hydrogens is 198 g/mol. The zero-order chi connectivity index (χ0) is 10.6. The van der Waals surface area contributed by atoms with Gasteiger partial charge in [-0.15, -0.1) is 10.2 Å². The summed E-state index contributed by atoms with van der Waals surface area (Å²) < 4.78 is 5.40. The molecule has 14 heavy (non-hydrogen) atoms. The van der Waals surface area contributed by atoms with Gasteiger partial charge >= 0.3 is 0 Å². The molecule has 5 heteroatoms. The second-order valence-electron chi connectivity index (χ2n) is 3.58. The van der Waals surface area contributed by atoms with Gasteiger partial charge in [0, 0.05) is 0 Å². The number of aromatic nitrogens is 2.